The van der Waals surface area contributed by atoms with Crippen molar-refractivity contribution in [2.45, 2.75) is 25.3 Å². The Balaban J connectivity index is 1.85. The molecule has 4 nitrogen and oxygen atoms in total. The highest BCUT2D eigenvalue weighted by atomic mass is 16.5. The van der Waals surface area contributed by atoms with Crippen LogP contribution in [0.15, 0.2) is 12.3 Å². The van der Waals surface area contributed by atoms with E-state index in [0.29, 0.717) is 6.04 Å². The number of piperazine rings is 1. The van der Waals surface area contributed by atoms with E-state index < -0.39 is 0 Å². The highest BCUT2D eigenvalue weighted by Crippen LogP contribution is 2.20. The summed E-state index contributed by atoms with van der Waals surface area (Å²) in [6.07, 6.45) is 7.36. The van der Waals surface area contributed by atoms with Crippen LogP contribution in [0.5, 0.6) is 0 Å². The molecule has 0 aliphatic carbocycles. The number of hydrogen-bond donors (Lipinski definition) is 0. The third-order valence-corrected chi connectivity index (χ3v) is 3.49. The van der Waals surface area contributed by atoms with Gasteiger partial charge in [-0.15, -0.1) is 0 Å². The van der Waals surface area contributed by atoms with Crippen molar-refractivity contribution in [3.63, 3.8) is 0 Å². The maximum atomic E-state index is 11.0. The van der Waals surface area contributed by atoms with Crippen LogP contribution in [0, 0.1) is 0 Å². The molecule has 16 heavy (non-hydrogen) atoms. The molecule has 0 N–H and O–H groups in total. The molecule has 0 aromatic carbocycles. The fourth-order valence-corrected chi connectivity index (χ4v) is 2.55. The van der Waals surface area contributed by atoms with E-state index in [2.05, 4.69) is 14.5 Å². The lowest BCUT2D eigenvalue weighted by Gasteiger charge is -2.43. The second-order valence-electron chi connectivity index (χ2n) is 4.52. The SMILES string of the molecule is COC(=O)C=CN1CCN2CCCCC2C1. The molecule has 0 bridgehead atoms. The lowest BCUT2D eigenvalue weighted by atomic mass is 10.00. The molecular weight excluding hydrogens is 204 g/mol. The molecule has 2 aliphatic heterocycles. The van der Waals surface area contributed by atoms with Crippen molar-refractivity contribution in [1.29, 1.82) is 0 Å². The largest absolute Gasteiger partial charge is 0.466 e. The molecular formula is C12H20N2O2. The lowest BCUT2D eigenvalue weighted by molar-refractivity contribution is -0.134. The fraction of sp³-hybridized carbons (Fsp3) is 0.750. The molecule has 4 heteroatoms. The van der Waals surface area contributed by atoms with Crippen LogP contribution < -0.4 is 0 Å². The molecule has 1 atom stereocenters. The summed E-state index contributed by atoms with van der Waals surface area (Å²) < 4.78 is 4.59. The standard InChI is InChI=1S/C12H20N2O2/c1-16-12(15)5-7-13-8-9-14-6-3-2-4-11(14)10-13/h5,7,11H,2-4,6,8-10H2,1H3. The highest BCUT2D eigenvalue weighted by molar-refractivity contribution is 5.81. The molecule has 90 valence electrons. The highest BCUT2D eigenvalue weighted by Gasteiger charge is 2.27. The van der Waals surface area contributed by atoms with E-state index in [9.17, 15) is 4.79 Å². The van der Waals surface area contributed by atoms with E-state index in [1.165, 1.54) is 39.0 Å². The van der Waals surface area contributed by atoms with Crippen molar-refractivity contribution < 1.29 is 9.53 Å². The number of rotatable bonds is 2. The minimum absolute atomic E-state index is 0.272. The number of methoxy groups -OCH3 is 1. The molecule has 0 aromatic rings. The lowest BCUT2D eigenvalue weighted by Crippen LogP contribution is -2.53. The first kappa shape index (κ1) is 11.5. The Hall–Kier alpha value is -1.03. The van der Waals surface area contributed by atoms with Gasteiger partial charge in [0, 0.05) is 38.0 Å². The van der Waals surface area contributed by atoms with Crippen LogP contribution in [0.1, 0.15) is 19.3 Å². The van der Waals surface area contributed by atoms with E-state index in [1.807, 2.05) is 6.20 Å². The van der Waals surface area contributed by atoms with Gasteiger partial charge in [0.1, 0.15) is 0 Å². The molecule has 2 saturated heterocycles. The number of piperidine rings is 1. The minimum atomic E-state index is -0.272. The first-order valence-corrected chi connectivity index (χ1v) is 6.04. The van der Waals surface area contributed by atoms with Gasteiger partial charge in [-0.1, -0.05) is 6.42 Å². The molecule has 2 rings (SSSR count). The average molecular weight is 224 g/mol. The third kappa shape index (κ3) is 2.76. The Kier molecular flexibility index (Phi) is 3.83. The van der Waals surface area contributed by atoms with Gasteiger partial charge >= 0.3 is 5.97 Å². The Morgan fingerprint density at radius 3 is 3.00 bits per heavy atom. The molecule has 0 amide bonds. The van der Waals surface area contributed by atoms with Crippen LogP contribution in [0.2, 0.25) is 0 Å². The van der Waals surface area contributed by atoms with Gasteiger partial charge < -0.3 is 9.64 Å². The normalized spacial score (nSPS) is 26.8. The predicted molar refractivity (Wildman–Crippen MR) is 61.9 cm³/mol. The first-order chi connectivity index (χ1) is 7.79. The second kappa shape index (κ2) is 5.34. The van der Waals surface area contributed by atoms with Crippen molar-refractivity contribution in [3.05, 3.63) is 12.3 Å². The van der Waals surface area contributed by atoms with Crippen molar-refractivity contribution in [1.82, 2.24) is 9.80 Å². The van der Waals surface area contributed by atoms with Gasteiger partial charge in [-0.2, -0.15) is 0 Å². The predicted octanol–water partition coefficient (Wildman–Crippen LogP) is 0.843. The van der Waals surface area contributed by atoms with Gasteiger partial charge in [-0.25, -0.2) is 4.79 Å². The zero-order valence-corrected chi connectivity index (χ0v) is 9.89. The summed E-state index contributed by atoms with van der Waals surface area (Å²) in [6.45, 7) is 4.44. The van der Waals surface area contributed by atoms with Crippen LogP contribution in [-0.2, 0) is 9.53 Å². The number of ether oxygens (including phenoxy) is 1. The van der Waals surface area contributed by atoms with Gasteiger partial charge in [0.15, 0.2) is 0 Å². The number of fused-ring (bicyclic) bond motifs is 1. The monoisotopic (exact) mass is 224 g/mol. The van der Waals surface area contributed by atoms with Crippen molar-refractivity contribution in [2.75, 3.05) is 33.3 Å². The summed E-state index contributed by atoms with van der Waals surface area (Å²) in [7, 11) is 1.41. The van der Waals surface area contributed by atoms with E-state index in [4.69, 9.17) is 0 Å². The van der Waals surface area contributed by atoms with Crippen LogP contribution in [0.4, 0.5) is 0 Å². The molecule has 0 saturated carbocycles. The van der Waals surface area contributed by atoms with Gasteiger partial charge in [-0.05, 0) is 19.4 Å². The first-order valence-electron chi connectivity index (χ1n) is 6.04. The quantitative estimate of drug-likeness (QED) is 0.514. The van der Waals surface area contributed by atoms with Gasteiger partial charge in [0.25, 0.3) is 0 Å². The van der Waals surface area contributed by atoms with E-state index in [1.54, 1.807) is 0 Å². The molecule has 2 aliphatic rings. The summed E-state index contributed by atoms with van der Waals surface area (Å²) in [5.74, 6) is -0.272. The number of nitrogens with zero attached hydrogens (tertiary/aromatic N) is 2. The van der Waals surface area contributed by atoms with E-state index in [0.717, 1.165) is 19.6 Å². The van der Waals surface area contributed by atoms with Crippen LogP contribution in [0.25, 0.3) is 0 Å². The van der Waals surface area contributed by atoms with Gasteiger partial charge in [0.05, 0.1) is 7.11 Å². The zero-order valence-electron chi connectivity index (χ0n) is 9.89. The number of carbonyl (C=O) groups excluding carboxylic acids is 1. The molecule has 2 heterocycles. The number of hydrogen-bond acceptors (Lipinski definition) is 4. The molecule has 0 radical (unpaired) electrons. The van der Waals surface area contributed by atoms with Crippen LogP contribution in [-0.4, -0.2) is 55.1 Å². The molecule has 0 spiro atoms. The maximum absolute atomic E-state index is 11.0. The third-order valence-electron chi connectivity index (χ3n) is 3.49. The van der Waals surface area contributed by atoms with Gasteiger partial charge in [0.2, 0.25) is 0 Å². The van der Waals surface area contributed by atoms with Crippen molar-refractivity contribution >= 4 is 5.97 Å². The van der Waals surface area contributed by atoms with E-state index >= 15 is 0 Å². The number of esters is 1. The fourth-order valence-electron chi connectivity index (χ4n) is 2.55. The zero-order chi connectivity index (χ0) is 11.4. The van der Waals surface area contributed by atoms with Crippen LogP contribution >= 0.6 is 0 Å². The molecule has 2 fully saturated rings. The summed E-state index contributed by atoms with van der Waals surface area (Å²) in [5.41, 5.74) is 0. The minimum Gasteiger partial charge on any atom is -0.466 e. The molecule has 1 unspecified atom stereocenters. The topological polar surface area (TPSA) is 32.8 Å². The Morgan fingerprint density at radius 2 is 2.19 bits per heavy atom. The van der Waals surface area contributed by atoms with Crippen LogP contribution in [0.3, 0.4) is 0 Å². The molecule has 0 aromatic heterocycles. The second-order valence-corrected chi connectivity index (χ2v) is 4.52. The summed E-state index contributed by atoms with van der Waals surface area (Å²) in [5, 5.41) is 0. The number of carbonyl (C=O) groups is 1. The van der Waals surface area contributed by atoms with Crippen molar-refractivity contribution in [2.24, 2.45) is 0 Å². The van der Waals surface area contributed by atoms with Gasteiger partial charge in [-0.3, -0.25) is 4.90 Å². The average Bonchev–Trinajstić information content (AvgIpc) is 2.35. The summed E-state index contributed by atoms with van der Waals surface area (Å²) in [4.78, 5) is 15.8. The summed E-state index contributed by atoms with van der Waals surface area (Å²) >= 11 is 0. The Bertz CT molecular complexity index is 278. The Morgan fingerprint density at radius 1 is 1.31 bits per heavy atom. The summed E-state index contributed by atoms with van der Waals surface area (Å²) in [6, 6.07) is 0.685. The Labute approximate surface area is 96.8 Å². The maximum Gasteiger partial charge on any atom is 0.331 e. The van der Waals surface area contributed by atoms with Crippen molar-refractivity contribution in [3.8, 4) is 0 Å². The van der Waals surface area contributed by atoms with E-state index in [-0.39, 0.29) is 5.97 Å². The smallest absolute Gasteiger partial charge is 0.331 e.